The molecule has 2 rings (SSSR count). The molecule has 1 atom stereocenters. The van der Waals surface area contributed by atoms with Gasteiger partial charge in [-0.3, -0.25) is 4.90 Å². The molecule has 0 aromatic carbocycles. The van der Waals surface area contributed by atoms with Gasteiger partial charge in [0.15, 0.2) is 0 Å². The van der Waals surface area contributed by atoms with Gasteiger partial charge in [0.2, 0.25) is 0 Å². The summed E-state index contributed by atoms with van der Waals surface area (Å²) in [6.07, 6.45) is 4.21. The van der Waals surface area contributed by atoms with Crippen molar-refractivity contribution in [3.63, 3.8) is 0 Å². The standard InChI is InChI=1S/C14H22F4N2/c15-13(16)14(17,18)11-20-8-6-19(7-9-20)10-12-4-2-1-3-5-12/h1-2,12-13H,3-11H2/t12-/m0/s1. The second-order valence-corrected chi connectivity index (χ2v) is 5.79. The van der Waals surface area contributed by atoms with Crippen molar-refractivity contribution in [1.82, 2.24) is 9.80 Å². The largest absolute Gasteiger partial charge is 0.319 e. The van der Waals surface area contributed by atoms with Crippen molar-refractivity contribution in [3.8, 4) is 0 Å². The summed E-state index contributed by atoms with van der Waals surface area (Å²) in [7, 11) is 0. The van der Waals surface area contributed by atoms with Gasteiger partial charge >= 0.3 is 12.3 Å². The molecule has 0 aromatic heterocycles. The molecule has 1 aliphatic carbocycles. The van der Waals surface area contributed by atoms with Crippen molar-refractivity contribution in [2.24, 2.45) is 5.92 Å². The average Bonchev–Trinajstić information content (AvgIpc) is 2.42. The van der Waals surface area contributed by atoms with Crippen molar-refractivity contribution in [3.05, 3.63) is 12.2 Å². The fraction of sp³-hybridized carbons (Fsp3) is 0.857. The van der Waals surface area contributed by atoms with Crippen LogP contribution in [0.25, 0.3) is 0 Å². The van der Waals surface area contributed by atoms with Crippen LogP contribution in [0.5, 0.6) is 0 Å². The number of piperazine rings is 1. The number of halogens is 4. The Morgan fingerprint density at radius 2 is 1.70 bits per heavy atom. The number of alkyl halides is 4. The number of allylic oxidation sites excluding steroid dienone is 2. The van der Waals surface area contributed by atoms with Crippen LogP contribution in [0.15, 0.2) is 12.2 Å². The monoisotopic (exact) mass is 294 g/mol. The highest BCUT2D eigenvalue weighted by Crippen LogP contribution is 2.25. The molecule has 0 N–H and O–H groups in total. The maximum Gasteiger partial charge on any atom is 0.319 e. The van der Waals surface area contributed by atoms with Gasteiger partial charge in [0.1, 0.15) is 0 Å². The Morgan fingerprint density at radius 1 is 1.05 bits per heavy atom. The van der Waals surface area contributed by atoms with Crippen molar-refractivity contribution in [2.45, 2.75) is 31.6 Å². The smallest absolute Gasteiger partial charge is 0.301 e. The van der Waals surface area contributed by atoms with Crippen LogP contribution >= 0.6 is 0 Å². The van der Waals surface area contributed by atoms with Crippen LogP contribution in [0.4, 0.5) is 17.6 Å². The van der Waals surface area contributed by atoms with Crippen LogP contribution in [0, 0.1) is 5.92 Å². The van der Waals surface area contributed by atoms with Gasteiger partial charge in [0, 0.05) is 32.7 Å². The summed E-state index contributed by atoms with van der Waals surface area (Å²) in [5, 5.41) is 0. The summed E-state index contributed by atoms with van der Waals surface area (Å²) in [5.74, 6) is -3.25. The third kappa shape index (κ3) is 4.45. The molecule has 1 aliphatic heterocycles. The molecule has 0 unspecified atom stereocenters. The lowest BCUT2D eigenvalue weighted by Gasteiger charge is -2.37. The Morgan fingerprint density at radius 3 is 2.25 bits per heavy atom. The molecule has 0 saturated carbocycles. The van der Waals surface area contributed by atoms with Gasteiger partial charge in [0.25, 0.3) is 0 Å². The minimum atomic E-state index is -3.89. The van der Waals surface area contributed by atoms with Gasteiger partial charge in [-0.1, -0.05) is 12.2 Å². The maximum atomic E-state index is 13.0. The molecule has 20 heavy (non-hydrogen) atoms. The number of nitrogens with zero attached hydrogens (tertiary/aromatic N) is 2. The predicted molar refractivity (Wildman–Crippen MR) is 70.3 cm³/mol. The molecular weight excluding hydrogens is 272 g/mol. The molecule has 0 radical (unpaired) electrons. The second kappa shape index (κ2) is 6.89. The van der Waals surface area contributed by atoms with Crippen molar-refractivity contribution < 1.29 is 17.6 Å². The molecule has 0 amide bonds. The lowest BCUT2D eigenvalue weighted by Crippen LogP contribution is -2.52. The molecule has 2 nitrogen and oxygen atoms in total. The predicted octanol–water partition coefficient (Wildman–Crippen LogP) is 2.86. The van der Waals surface area contributed by atoms with Gasteiger partial charge in [-0.15, -0.1) is 0 Å². The van der Waals surface area contributed by atoms with Crippen molar-refractivity contribution in [2.75, 3.05) is 39.3 Å². The summed E-state index contributed by atoms with van der Waals surface area (Å²) in [6, 6.07) is 0. The Labute approximate surface area is 117 Å². The number of hydrogen-bond acceptors (Lipinski definition) is 2. The number of hydrogen-bond donors (Lipinski definition) is 0. The van der Waals surface area contributed by atoms with Crippen LogP contribution in [-0.2, 0) is 0 Å². The summed E-state index contributed by atoms with van der Waals surface area (Å²) in [5.41, 5.74) is 0. The Bertz CT molecular complexity index is 325. The zero-order chi connectivity index (χ0) is 14.6. The zero-order valence-corrected chi connectivity index (χ0v) is 11.6. The minimum Gasteiger partial charge on any atom is -0.301 e. The fourth-order valence-electron chi connectivity index (χ4n) is 2.88. The van der Waals surface area contributed by atoms with E-state index in [1.165, 1.54) is 11.3 Å². The molecule has 2 aliphatic rings. The van der Waals surface area contributed by atoms with Gasteiger partial charge in [-0.05, 0) is 25.2 Å². The molecule has 0 aromatic rings. The highest BCUT2D eigenvalue weighted by molar-refractivity contribution is 4.91. The molecule has 0 bridgehead atoms. The summed E-state index contributed by atoms with van der Waals surface area (Å²) >= 11 is 0. The van der Waals surface area contributed by atoms with Gasteiger partial charge in [-0.2, -0.15) is 8.78 Å². The van der Waals surface area contributed by atoms with Crippen LogP contribution in [0.2, 0.25) is 0 Å². The normalized spacial score (nSPS) is 26.4. The molecule has 116 valence electrons. The van der Waals surface area contributed by atoms with Crippen LogP contribution in [-0.4, -0.2) is 61.4 Å². The molecule has 1 fully saturated rings. The van der Waals surface area contributed by atoms with Gasteiger partial charge < -0.3 is 4.90 Å². The topological polar surface area (TPSA) is 6.48 Å². The lowest BCUT2D eigenvalue weighted by molar-refractivity contribution is -0.145. The van der Waals surface area contributed by atoms with Crippen LogP contribution < -0.4 is 0 Å². The molecule has 0 spiro atoms. The minimum absolute atomic E-state index is 0.449. The Hall–Kier alpha value is -0.620. The third-order valence-electron chi connectivity index (χ3n) is 4.11. The highest BCUT2D eigenvalue weighted by atomic mass is 19.3. The summed E-state index contributed by atoms with van der Waals surface area (Å²) in [4.78, 5) is 3.71. The van der Waals surface area contributed by atoms with E-state index in [0.29, 0.717) is 32.1 Å². The van der Waals surface area contributed by atoms with E-state index in [4.69, 9.17) is 0 Å². The molecule has 1 heterocycles. The van der Waals surface area contributed by atoms with Crippen molar-refractivity contribution in [1.29, 1.82) is 0 Å². The molecule has 1 saturated heterocycles. The second-order valence-electron chi connectivity index (χ2n) is 5.79. The first-order valence-corrected chi connectivity index (χ1v) is 7.23. The Balaban J connectivity index is 1.71. The van der Waals surface area contributed by atoms with E-state index in [9.17, 15) is 17.6 Å². The maximum absolute atomic E-state index is 13.0. The summed E-state index contributed by atoms with van der Waals surface area (Å²) < 4.78 is 50.3. The van der Waals surface area contributed by atoms with E-state index < -0.39 is 18.9 Å². The van der Waals surface area contributed by atoms with E-state index in [1.807, 2.05) is 0 Å². The van der Waals surface area contributed by atoms with Gasteiger partial charge in [0.05, 0.1) is 6.54 Å². The van der Waals surface area contributed by atoms with Gasteiger partial charge in [-0.25, -0.2) is 8.78 Å². The van der Waals surface area contributed by atoms with E-state index in [2.05, 4.69) is 17.1 Å². The molecule has 6 heteroatoms. The fourth-order valence-corrected chi connectivity index (χ4v) is 2.88. The zero-order valence-electron chi connectivity index (χ0n) is 11.6. The highest BCUT2D eigenvalue weighted by Gasteiger charge is 2.42. The van der Waals surface area contributed by atoms with E-state index in [0.717, 1.165) is 19.4 Å². The van der Waals surface area contributed by atoms with E-state index >= 15 is 0 Å². The van der Waals surface area contributed by atoms with Crippen molar-refractivity contribution >= 4 is 0 Å². The average molecular weight is 294 g/mol. The number of rotatable bonds is 5. The third-order valence-corrected chi connectivity index (χ3v) is 4.11. The van der Waals surface area contributed by atoms with Crippen LogP contribution in [0.1, 0.15) is 19.3 Å². The first kappa shape index (κ1) is 15.8. The molecular formula is C14H22F4N2. The first-order chi connectivity index (χ1) is 9.47. The SMILES string of the molecule is FC(F)C(F)(F)CN1CCN(C[C@H]2CC=CCC2)CC1. The van der Waals surface area contributed by atoms with Crippen LogP contribution in [0.3, 0.4) is 0 Å². The first-order valence-electron chi connectivity index (χ1n) is 7.23. The summed E-state index contributed by atoms with van der Waals surface area (Å²) in [6.45, 7) is 2.45. The quantitative estimate of drug-likeness (QED) is 0.568. The lowest BCUT2D eigenvalue weighted by atomic mass is 9.94. The van der Waals surface area contributed by atoms with E-state index in [-0.39, 0.29) is 0 Å². The van der Waals surface area contributed by atoms with E-state index in [1.54, 1.807) is 0 Å². The Kier molecular flexibility index (Phi) is 5.43.